The van der Waals surface area contributed by atoms with E-state index in [1.165, 1.54) is 6.07 Å². The highest BCUT2D eigenvalue weighted by atomic mass is 35.5. The molecule has 1 atom stereocenters. The Bertz CT molecular complexity index is 708. The van der Waals surface area contributed by atoms with Crippen molar-refractivity contribution < 1.29 is 14.6 Å². The third-order valence-corrected chi connectivity index (χ3v) is 3.79. The van der Waals surface area contributed by atoms with E-state index < -0.39 is 6.10 Å². The Morgan fingerprint density at radius 3 is 2.36 bits per heavy atom. The number of carbonyl (C=O) groups excluding carboxylic acids is 1. The molecule has 2 rings (SSSR count). The summed E-state index contributed by atoms with van der Waals surface area (Å²) in [6.45, 7) is 3.69. The first-order valence-corrected chi connectivity index (χ1v) is 7.20. The number of hydrogen-bond donors (Lipinski definition) is 1. The fraction of sp³-hybridized carbons (Fsp3) is 0.118. The maximum absolute atomic E-state index is 12.4. The van der Waals surface area contributed by atoms with Gasteiger partial charge < -0.3 is 9.84 Å². The van der Waals surface area contributed by atoms with Crippen molar-refractivity contribution in [3.05, 3.63) is 75.8 Å². The zero-order valence-corrected chi connectivity index (χ0v) is 13.4. The topological polar surface area (TPSA) is 46.5 Å². The molecule has 0 fully saturated rings. The normalized spacial score (nSPS) is 11.8. The number of halogens is 2. The fourth-order valence-corrected chi connectivity index (χ4v) is 2.47. The summed E-state index contributed by atoms with van der Waals surface area (Å²) in [7, 11) is 1.54. The molecular weight excluding hydrogens is 323 g/mol. The lowest BCUT2D eigenvalue weighted by Gasteiger charge is -2.15. The minimum Gasteiger partial charge on any atom is -0.497 e. The largest absolute Gasteiger partial charge is 0.497 e. The first-order valence-electron chi connectivity index (χ1n) is 6.44. The molecule has 0 saturated heterocycles. The molecule has 0 aliphatic heterocycles. The van der Waals surface area contributed by atoms with E-state index in [4.69, 9.17) is 27.9 Å². The Morgan fingerprint density at radius 1 is 1.18 bits per heavy atom. The van der Waals surface area contributed by atoms with Gasteiger partial charge in [-0.25, -0.2) is 0 Å². The molecule has 3 nitrogen and oxygen atoms in total. The number of aliphatic hydroxyl groups is 1. The van der Waals surface area contributed by atoms with Gasteiger partial charge in [0.1, 0.15) is 11.9 Å². The van der Waals surface area contributed by atoms with E-state index in [-0.39, 0.29) is 16.4 Å². The van der Waals surface area contributed by atoms with E-state index in [9.17, 15) is 9.90 Å². The summed E-state index contributed by atoms with van der Waals surface area (Å²) in [5, 5.41) is 11.1. The minimum atomic E-state index is -1.20. The molecule has 0 aliphatic rings. The number of Topliss-reactive ketones (excluding diaryl/α,β-unsaturated/α-hetero) is 1. The number of aliphatic hydroxyl groups excluding tert-OH is 1. The number of benzene rings is 2. The van der Waals surface area contributed by atoms with Crippen molar-refractivity contribution in [2.75, 3.05) is 7.11 Å². The fourth-order valence-electron chi connectivity index (χ4n) is 1.96. The molecule has 114 valence electrons. The predicted molar refractivity (Wildman–Crippen MR) is 87.9 cm³/mol. The molecule has 0 spiro atoms. The van der Waals surface area contributed by atoms with Crippen molar-refractivity contribution in [1.82, 2.24) is 0 Å². The molecule has 0 bridgehead atoms. The molecular formula is C17H14Cl2O3. The van der Waals surface area contributed by atoms with Gasteiger partial charge >= 0.3 is 0 Å². The van der Waals surface area contributed by atoms with Gasteiger partial charge in [0.05, 0.1) is 7.11 Å². The van der Waals surface area contributed by atoms with E-state index in [2.05, 4.69) is 6.58 Å². The van der Waals surface area contributed by atoms with Crippen molar-refractivity contribution in [1.29, 1.82) is 0 Å². The average molecular weight is 337 g/mol. The predicted octanol–water partition coefficient (Wildman–Crippen LogP) is 4.47. The summed E-state index contributed by atoms with van der Waals surface area (Å²) in [6.07, 6.45) is -1.20. The number of ketones is 1. The van der Waals surface area contributed by atoms with Crippen LogP contribution in [0.5, 0.6) is 5.75 Å². The maximum atomic E-state index is 12.4. The number of ether oxygens (including phenoxy) is 1. The Balaban J connectivity index is 2.23. The van der Waals surface area contributed by atoms with Gasteiger partial charge in [0.2, 0.25) is 0 Å². The van der Waals surface area contributed by atoms with Crippen LogP contribution in [0.1, 0.15) is 22.0 Å². The molecule has 0 aromatic heterocycles. The first kappa shape index (κ1) is 16.6. The van der Waals surface area contributed by atoms with Crippen molar-refractivity contribution in [3.8, 4) is 5.75 Å². The monoisotopic (exact) mass is 336 g/mol. The summed E-state index contributed by atoms with van der Waals surface area (Å²) >= 11 is 11.9. The van der Waals surface area contributed by atoms with Crippen molar-refractivity contribution in [3.63, 3.8) is 0 Å². The van der Waals surface area contributed by atoms with Gasteiger partial charge in [-0.2, -0.15) is 0 Å². The summed E-state index contributed by atoms with van der Waals surface area (Å²) in [5.74, 6) is 0.282. The second-order valence-electron chi connectivity index (χ2n) is 4.65. The van der Waals surface area contributed by atoms with E-state index >= 15 is 0 Å². The Labute approximate surface area is 138 Å². The van der Waals surface area contributed by atoms with Crippen LogP contribution in [0.25, 0.3) is 0 Å². The van der Waals surface area contributed by atoms with Gasteiger partial charge in [-0.3, -0.25) is 4.79 Å². The van der Waals surface area contributed by atoms with Crippen LogP contribution in [0.3, 0.4) is 0 Å². The zero-order valence-electron chi connectivity index (χ0n) is 11.8. The van der Waals surface area contributed by atoms with Gasteiger partial charge in [-0.05, 0) is 36.4 Å². The van der Waals surface area contributed by atoms with Crippen molar-refractivity contribution >= 4 is 29.0 Å². The second-order valence-corrected chi connectivity index (χ2v) is 5.49. The van der Waals surface area contributed by atoms with Crippen LogP contribution in [0.15, 0.2) is 54.6 Å². The standard InChI is InChI=1S/C17H14Cl2O3/c1-10(16(20)11-3-6-13(22-2)7-4-11)17(21)14-8-5-12(18)9-15(14)19/h3-9,17,21H,1H2,2H3. The Morgan fingerprint density at radius 2 is 1.82 bits per heavy atom. The van der Waals surface area contributed by atoms with Crippen LogP contribution < -0.4 is 4.74 Å². The smallest absolute Gasteiger partial charge is 0.191 e. The Hall–Kier alpha value is -1.81. The summed E-state index contributed by atoms with van der Waals surface area (Å²) in [5.41, 5.74) is 0.835. The summed E-state index contributed by atoms with van der Waals surface area (Å²) in [6, 6.07) is 11.2. The molecule has 2 aromatic rings. The van der Waals surface area contributed by atoms with E-state index in [0.717, 1.165) is 0 Å². The van der Waals surface area contributed by atoms with E-state index in [1.54, 1.807) is 43.5 Å². The maximum Gasteiger partial charge on any atom is 0.191 e. The second kappa shape index (κ2) is 6.97. The van der Waals surface area contributed by atoms with Gasteiger partial charge in [0, 0.05) is 26.7 Å². The van der Waals surface area contributed by atoms with Crippen molar-refractivity contribution in [2.24, 2.45) is 0 Å². The highest BCUT2D eigenvalue weighted by molar-refractivity contribution is 6.35. The molecule has 22 heavy (non-hydrogen) atoms. The summed E-state index contributed by atoms with van der Waals surface area (Å²) in [4.78, 5) is 12.4. The molecule has 1 unspecified atom stereocenters. The van der Waals surface area contributed by atoms with Gasteiger partial charge in [-0.15, -0.1) is 0 Å². The van der Waals surface area contributed by atoms with Gasteiger partial charge in [0.15, 0.2) is 5.78 Å². The lowest BCUT2D eigenvalue weighted by atomic mass is 9.95. The third-order valence-electron chi connectivity index (χ3n) is 3.23. The lowest BCUT2D eigenvalue weighted by molar-refractivity contribution is 0.0988. The van der Waals surface area contributed by atoms with E-state index in [0.29, 0.717) is 21.9 Å². The van der Waals surface area contributed by atoms with Gasteiger partial charge in [0.25, 0.3) is 0 Å². The van der Waals surface area contributed by atoms with Crippen LogP contribution >= 0.6 is 23.2 Å². The third kappa shape index (κ3) is 3.50. The van der Waals surface area contributed by atoms with Crippen LogP contribution in [-0.2, 0) is 0 Å². The molecule has 1 N–H and O–H groups in total. The number of hydrogen-bond acceptors (Lipinski definition) is 3. The first-order chi connectivity index (χ1) is 10.4. The molecule has 0 radical (unpaired) electrons. The van der Waals surface area contributed by atoms with Gasteiger partial charge in [-0.1, -0.05) is 35.8 Å². The number of carbonyl (C=O) groups is 1. The molecule has 0 amide bonds. The molecule has 0 saturated carbocycles. The molecule has 0 aliphatic carbocycles. The average Bonchev–Trinajstić information content (AvgIpc) is 2.53. The van der Waals surface area contributed by atoms with Crippen LogP contribution in [0, 0.1) is 0 Å². The molecule has 0 heterocycles. The van der Waals surface area contributed by atoms with Crippen LogP contribution in [0.4, 0.5) is 0 Å². The minimum absolute atomic E-state index is 0.0365. The molecule has 5 heteroatoms. The number of methoxy groups -OCH3 is 1. The highest BCUT2D eigenvalue weighted by Gasteiger charge is 2.21. The SMILES string of the molecule is C=C(C(=O)c1ccc(OC)cc1)C(O)c1ccc(Cl)cc1Cl. The highest BCUT2D eigenvalue weighted by Crippen LogP contribution is 2.31. The molecule has 2 aromatic carbocycles. The van der Waals surface area contributed by atoms with Crippen LogP contribution in [0.2, 0.25) is 10.0 Å². The lowest BCUT2D eigenvalue weighted by Crippen LogP contribution is -2.11. The Kier molecular flexibility index (Phi) is 5.24. The zero-order chi connectivity index (χ0) is 16.3. The van der Waals surface area contributed by atoms with E-state index in [1.807, 2.05) is 0 Å². The number of rotatable bonds is 5. The van der Waals surface area contributed by atoms with Crippen molar-refractivity contribution in [2.45, 2.75) is 6.10 Å². The van der Waals surface area contributed by atoms with Crippen LogP contribution in [-0.4, -0.2) is 18.0 Å². The quantitative estimate of drug-likeness (QED) is 0.647. The summed E-state index contributed by atoms with van der Waals surface area (Å²) < 4.78 is 5.04.